The van der Waals surface area contributed by atoms with E-state index in [1.807, 2.05) is 0 Å². The van der Waals surface area contributed by atoms with Gasteiger partial charge in [0, 0.05) is 88.8 Å². The van der Waals surface area contributed by atoms with Crippen LogP contribution in [0.5, 0.6) is 0 Å². The standard InChI is InChI=1S/C16H18.C12H6N4O8.C12H14N4.C6H3ClN2O4.Cu.H2/c1-11-7-5-8-12(2)15(11)16-13(3)9-6-10-14(16)4;17-13(18)7-3-1-4-8(14(19)20)11(7)12-9(15(21)22)5-2-6-10(12)16(23)24;13-7-3-1-4-8(14)11(7)12-9(15)5-2-6-10(12)16;7-6-4(8(10)11)2-1-3-5(6)9(12)13;;/h5-10H,1-4H3;1-6H;1-6H,13-16H2;1-3H;;1H. The number of nitro benzene ring substituents is 6. The number of anilines is 4. The average Bonchev–Trinajstić information content (AvgIpc) is 3.28. The molecule has 0 unspecified atom stereocenters. The minimum Gasteiger partial charge on any atom is -0.398 e. The summed E-state index contributed by atoms with van der Waals surface area (Å²) in [6.45, 7) is 8.75. The number of nitro groups is 6. The minimum atomic E-state index is -0.997. The second-order valence-corrected chi connectivity index (χ2v) is 15.0. The van der Waals surface area contributed by atoms with Crippen LogP contribution < -0.4 is 22.9 Å². The normalized spacial score (nSPS) is 10.0. The molecule has 7 aromatic rings. The molecule has 0 aromatic heterocycles. The maximum absolute atomic E-state index is 11.2. The molecular weight excluding hydrogens is 984 g/mol. The van der Waals surface area contributed by atoms with Crippen molar-refractivity contribution in [3.05, 3.63) is 215 Å². The average molecular weight is 1030 g/mol. The number of hydrogen-bond acceptors (Lipinski definition) is 16. The zero-order valence-electron chi connectivity index (χ0n) is 37.2. The third-order valence-electron chi connectivity index (χ3n) is 10.1. The van der Waals surface area contributed by atoms with Gasteiger partial charge in [-0.3, -0.25) is 60.7 Å². The fourth-order valence-electron chi connectivity index (χ4n) is 7.14. The third-order valence-corrected chi connectivity index (χ3v) is 10.5. The molecule has 70 heavy (non-hydrogen) atoms. The van der Waals surface area contributed by atoms with E-state index in [2.05, 4.69) is 64.1 Å². The first-order valence-corrected chi connectivity index (χ1v) is 20.2. The molecule has 0 bridgehead atoms. The van der Waals surface area contributed by atoms with Crippen LogP contribution in [0, 0.1) is 88.4 Å². The molecule has 8 N–H and O–H groups in total. The second-order valence-electron chi connectivity index (χ2n) is 14.7. The molecule has 0 saturated carbocycles. The van der Waals surface area contributed by atoms with Gasteiger partial charge in [-0.05, 0) is 104 Å². The van der Waals surface area contributed by atoms with Crippen molar-refractivity contribution in [1.82, 2.24) is 0 Å². The van der Waals surface area contributed by atoms with Crippen LogP contribution in [0.25, 0.3) is 33.4 Å². The Labute approximate surface area is 414 Å². The molecule has 0 aliphatic heterocycles. The van der Waals surface area contributed by atoms with E-state index in [1.54, 1.807) is 36.4 Å². The van der Waals surface area contributed by atoms with Crippen molar-refractivity contribution < 1.29 is 48.0 Å². The molecule has 0 aliphatic carbocycles. The number of nitrogens with two attached hydrogens (primary N) is 4. The molecule has 24 heteroatoms. The van der Waals surface area contributed by atoms with Gasteiger partial charge in [-0.25, -0.2) is 0 Å². The number of hydrogen-bond donors (Lipinski definition) is 4. The Morgan fingerprint density at radius 2 is 0.514 bits per heavy atom. The fourth-order valence-corrected chi connectivity index (χ4v) is 7.40. The molecule has 0 atom stereocenters. The van der Waals surface area contributed by atoms with Gasteiger partial charge in [0.25, 0.3) is 34.1 Å². The summed E-state index contributed by atoms with van der Waals surface area (Å²) in [5.41, 5.74) is 29.7. The summed E-state index contributed by atoms with van der Waals surface area (Å²) < 4.78 is 0. The van der Waals surface area contributed by atoms with E-state index in [-0.39, 0.29) is 18.5 Å². The molecule has 1 radical (unpaired) electrons. The number of benzene rings is 7. The van der Waals surface area contributed by atoms with Crippen LogP contribution in [0.4, 0.5) is 56.9 Å². The Morgan fingerprint density at radius 1 is 0.329 bits per heavy atom. The van der Waals surface area contributed by atoms with Crippen molar-refractivity contribution in [2.24, 2.45) is 0 Å². The van der Waals surface area contributed by atoms with Crippen LogP contribution in [0.3, 0.4) is 0 Å². The molecule has 0 fully saturated rings. The molecule has 0 saturated heterocycles. The Hall–Kier alpha value is -9.05. The van der Waals surface area contributed by atoms with Crippen LogP contribution in [0.2, 0.25) is 5.02 Å². The first kappa shape index (κ1) is 55.3. The van der Waals surface area contributed by atoms with E-state index < -0.39 is 79.8 Å². The number of rotatable bonds is 9. The van der Waals surface area contributed by atoms with E-state index in [9.17, 15) is 60.7 Å². The topological polar surface area (TPSA) is 363 Å². The third kappa shape index (κ3) is 12.7. The summed E-state index contributed by atoms with van der Waals surface area (Å²) >= 11 is 5.42. The van der Waals surface area contributed by atoms with Crippen LogP contribution in [-0.4, -0.2) is 29.5 Å². The van der Waals surface area contributed by atoms with Crippen LogP contribution >= 0.6 is 11.6 Å². The van der Waals surface area contributed by atoms with E-state index >= 15 is 0 Å². The molecule has 7 rings (SSSR count). The first-order valence-electron chi connectivity index (χ1n) is 19.8. The Kier molecular flexibility index (Phi) is 19.0. The number of halogens is 1. The van der Waals surface area contributed by atoms with Gasteiger partial charge in [0.2, 0.25) is 0 Å². The van der Waals surface area contributed by atoms with Crippen molar-refractivity contribution in [1.29, 1.82) is 0 Å². The molecule has 0 heterocycles. The Morgan fingerprint density at radius 3 is 0.729 bits per heavy atom. The van der Waals surface area contributed by atoms with E-state index in [1.165, 1.54) is 39.4 Å². The SMILES string of the molecule is Cc1cccc(C)c1-c1c(C)cccc1C.Nc1cccc(N)c1-c1c(N)cccc1N.O=[N+]([O-])c1cccc([N+](=O)[O-])c1-c1c([N+](=O)[O-])cccc1[N+](=O)[O-].O=[N+]([O-])c1cccc([N+](=O)[O-])c1Cl.[Cu].[HH]. The van der Waals surface area contributed by atoms with E-state index in [0.29, 0.717) is 33.9 Å². The van der Waals surface area contributed by atoms with Crippen molar-refractivity contribution in [2.45, 2.75) is 27.7 Å². The van der Waals surface area contributed by atoms with Crippen molar-refractivity contribution in [3.8, 4) is 33.4 Å². The summed E-state index contributed by atoms with van der Waals surface area (Å²) in [4.78, 5) is 59.8. The van der Waals surface area contributed by atoms with Gasteiger partial charge in [-0.1, -0.05) is 60.1 Å². The zero-order valence-corrected chi connectivity index (χ0v) is 38.9. The van der Waals surface area contributed by atoms with Gasteiger partial charge < -0.3 is 22.9 Å². The molecule has 0 amide bonds. The largest absolute Gasteiger partial charge is 0.398 e. The van der Waals surface area contributed by atoms with Crippen LogP contribution in [0.15, 0.2) is 127 Å². The molecular formula is C46H43ClCuN10O12. The van der Waals surface area contributed by atoms with Crippen LogP contribution in [0.1, 0.15) is 23.7 Å². The smallest absolute Gasteiger partial charge is 0.294 e. The van der Waals surface area contributed by atoms with Crippen LogP contribution in [-0.2, 0) is 17.1 Å². The molecule has 0 aliphatic rings. The number of nitrogens with zero attached hydrogens (tertiary/aromatic N) is 6. The molecule has 0 spiro atoms. The van der Waals surface area contributed by atoms with Gasteiger partial charge in [-0.15, -0.1) is 0 Å². The summed E-state index contributed by atoms with van der Waals surface area (Å²) in [7, 11) is 0. The Balaban J connectivity index is 0.000000330. The second kappa shape index (κ2) is 24.1. The zero-order chi connectivity index (χ0) is 51.4. The number of nitrogen functional groups attached to an aromatic ring is 4. The predicted octanol–water partition coefficient (Wildman–Crippen LogP) is 11.7. The predicted molar refractivity (Wildman–Crippen MR) is 266 cm³/mol. The maximum atomic E-state index is 11.2. The quantitative estimate of drug-likeness (QED) is 0.0451. The van der Waals surface area contributed by atoms with Crippen molar-refractivity contribution in [3.63, 3.8) is 0 Å². The van der Waals surface area contributed by atoms with E-state index in [0.717, 1.165) is 48.5 Å². The van der Waals surface area contributed by atoms with Gasteiger partial charge in [0.1, 0.15) is 0 Å². The summed E-state index contributed by atoms with van der Waals surface area (Å²) in [5, 5.41) is 64.8. The summed E-state index contributed by atoms with van der Waals surface area (Å²) in [5.74, 6) is 0. The molecule has 367 valence electrons. The van der Waals surface area contributed by atoms with Gasteiger partial charge in [-0.2, -0.15) is 0 Å². The van der Waals surface area contributed by atoms with Crippen molar-refractivity contribution in [2.75, 3.05) is 22.9 Å². The molecule has 22 nitrogen and oxygen atoms in total. The fraction of sp³-hybridized carbons (Fsp3) is 0.0870. The molecule has 7 aromatic carbocycles. The monoisotopic (exact) mass is 1030 g/mol. The van der Waals surface area contributed by atoms with E-state index in [4.69, 9.17) is 34.5 Å². The maximum Gasteiger partial charge on any atom is 0.294 e. The summed E-state index contributed by atoms with van der Waals surface area (Å²) in [6.07, 6.45) is 0. The van der Waals surface area contributed by atoms with Gasteiger partial charge in [0.15, 0.2) is 16.1 Å². The van der Waals surface area contributed by atoms with Crippen molar-refractivity contribution >= 4 is 68.5 Å². The first-order chi connectivity index (χ1) is 32.5. The Bertz CT molecular complexity index is 2730. The minimum absolute atomic E-state index is 0. The summed E-state index contributed by atoms with van der Waals surface area (Å²) in [6, 6.07) is 32.7. The van der Waals surface area contributed by atoms with Gasteiger partial charge >= 0.3 is 0 Å². The number of aryl methyl sites for hydroxylation is 4. The van der Waals surface area contributed by atoms with Gasteiger partial charge in [0.05, 0.1) is 29.5 Å².